The predicted octanol–water partition coefficient (Wildman–Crippen LogP) is 1.36. The number of aromatic nitrogens is 1. The molecule has 1 aromatic heterocycles. The van der Waals surface area contributed by atoms with E-state index in [9.17, 15) is 13.2 Å². The van der Waals surface area contributed by atoms with Crippen molar-refractivity contribution >= 4 is 11.5 Å². The summed E-state index contributed by atoms with van der Waals surface area (Å²) in [5, 5.41) is 0. The van der Waals surface area contributed by atoms with Gasteiger partial charge in [0.2, 0.25) is 0 Å². The van der Waals surface area contributed by atoms with Crippen LogP contribution in [0.1, 0.15) is 0 Å². The number of rotatable bonds is 5. The summed E-state index contributed by atoms with van der Waals surface area (Å²) >= 11 is 0. The molecule has 1 aliphatic rings. The molecule has 1 fully saturated rings. The van der Waals surface area contributed by atoms with Crippen LogP contribution in [0.3, 0.4) is 0 Å². The molecule has 1 aromatic rings. The molecule has 1 aliphatic heterocycles. The number of piperazine rings is 1. The molecule has 2 heterocycles. The van der Waals surface area contributed by atoms with Crippen LogP contribution < -0.4 is 10.6 Å². The van der Waals surface area contributed by atoms with Crippen LogP contribution >= 0.6 is 0 Å². The van der Waals surface area contributed by atoms with Crippen molar-refractivity contribution in [3.05, 3.63) is 18.3 Å². The molecule has 0 unspecified atom stereocenters. The van der Waals surface area contributed by atoms with Crippen LogP contribution in [0.25, 0.3) is 0 Å². The van der Waals surface area contributed by atoms with Gasteiger partial charge in [-0.1, -0.05) is 0 Å². The fraction of sp³-hybridized carbons (Fsp3) is 0.615. The Morgan fingerprint density at radius 1 is 1.24 bits per heavy atom. The first-order valence-electron chi connectivity index (χ1n) is 6.78. The molecule has 0 amide bonds. The monoisotopic (exact) mass is 304 g/mol. The maximum atomic E-state index is 11.9. The van der Waals surface area contributed by atoms with E-state index in [4.69, 9.17) is 5.73 Å². The maximum Gasteiger partial charge on any atom is 0.411 e. The first-order valence-corrected chi connectivity index (χ1v) is 6.78. The number of hydrogen-bond donors (Lipinski definition) is 1. The minimum atomic E-state index is -4.25. The van der Waals surface area contributed by atoms with E-state index in [1.54, 1.807) is 18.3 Å². The SMILES string of the molecule is Nc1cccnc1N1CCN(CCOCC(F)(F)F)CC1. The van der Waals surface area contributed by atoms with Crippen molar-refractivity contribution in [3.8, 4) is 0 Å². The summed E-state index contributed by atoms with van der Waals surface area (Å²) in [6.07, 6.45) is -2.56. The largest absolute Gasteiger partial charge is 0.411 e. The second-order valence-corrected chi connectivity index (χ2v) is 4.91. The normalized spacial score (nSPS) is 17.2. The number of hydrogen-bond acceptors (Lipinski definition) is 5. The van der Waals surface area contributed by atoms with Crippen molar-refractivity contribution in [2.24, 2.45) is 0 Å². The maximum absolute atomic E-state index is 11.9. The molecule has 0 atom stereocenters. The standard InChI is InChI=1S/C13H19F3N4O/c14-13(15,16)10-21-9-8-19-4-6-20(7-5-19)12-11(17)2-1-3-18-12/h1-3H,4-10,17H2. The van der Waals surface area contributed by atoms with Crippen LogP contribution in [0.15, 0.2) is 18.3 Å². The van der Waals surface area contributed by atoms with E-state index in [0.29, 0.717) is 12.2 Å². The van der Waals surface area contributed by atoms with Crippen molar-refractivity contribution in [3.63, 3.8) is 0 Å². The van der Waals surface area contributed by atoms with E-state index >= 15 is 0 Å². The van der Waals surface area contributed by atoms with Gasteiger partial charge < -0.3 is 15.4 Å². The highest BCUT2D eigenvalue weighted by Crippen LogP contribution is 2.20. The van der Waals surface area contributed by atoms with Gasteiger partial charge in [-0.15, -0.1) is 0 Å². The van der Waals surface area contributed by atoms with Gasteiger partial charge in [-0.2, -0.15) is 13.2 Å². The molecule has 21 heavy (non-hydrogen) atoms. The summed E-state index contributed by atoms with van der Waals surface area (Å²) in [6.45, 7) is 2.42. The van der Waals surface area contributed by atoms with Gasteiger partial charge in [0.05, 0.1) is 12.3 Å². The van der Waals surface area contributed by atoms with Crippen molar-refractivity contribution in [2.45, 2.75) is 6.18 Å². The quantitative estimate of drug-likeness (QED) is 0.833. The summed E-state index contributed by atoms with van der Waals surface area (Å²) in [5.74, 6) is 0.769. The number of nitrogen functional groups attached to an aromatic ring is 1. The van der Waals surface area contributed by atoms with E-state index in [2.05, 4.69) is 19.5 Å². The summed E-state index contributed by atoms with van der Waals surface area (Å²) in [7, 11) is 0. The van der Waals surface area contributed by atoms with Gasteiger partial charge in [-0.3, -0.25) is 4.90 Å². The second kappa shape index (κ2) is 6.95. The van der Waals surface area contributed by atoms with E-state index in [0.717, 1.165) is 32.0 Å². The van der Waals surface area contributed by atoms with Crippen LogP contribution in [-0.4, -0.2) is 62.0 Å². The molecule has 0 bridgehead atoms. The van der Waals surface area contributed by atoms with Crippen molar-refractivity contribution < 1.29 is 17.9 Å². The topological polar surface area (TPSA) is 54.6 Å². The number of ether oxygens (including phenoxy) is 1. The lowest BCUT2D eigenvalue weighted by atomic mass is 10.3. The molecule has 8 heteroatoms. The molecule has 0 aromatic carbocycles. The highest BCUT2D eigenvalue weighted by molar-refractivity contribution is 5.62. The Morgan fingerprint density at radius 3 is 2.57 bits per heavy atom. The van der Waals surface area contributed by atoms with Gasteiger partial charge >= 0.3 is 6.18 Å². The van der Waals surface area contributed by atoms with Crippen LogP contribution in [0.4, 0.5) is 24.7 Å². The lowest BCUT2D eigenvalue weighted by Crippen LogP contribution is -2.47. The van der Waals surface area contributed by atoms with Crippen molar-refractivity contribution in [1.29, 1.82) is 0 Å². The highest BCUT2D eigenvalue weighted by atomic mass is 19.4. The van der Waals surface area contributed by atoms with Gasteiger partial charge in [0.15, 0.2) is 5.82 Å². The number of nitrogens with two attached hydrogens (primary N) is 1. The van der Waals surface area contributed by atoms with Crippen LogP contribution in [0.2, 0.25) is 0 Å². The zero-order valence-corrected chi connectivity index (χ0v) is 11.6. The fourth-order valence-electron chi connectivity index (χ4n) is 2.24. The Kier molecular flexibility index (Phi) is 5.24. The van der Waals surface area contributed by atoms with Crippen LogP contribution in [0.5, 0.6) is 0 Å². The highest BCUT2D eigenvalue weighted by Gasteiger charge is 2.27. The summed E-state index contributed by atoms with van der Waals surface area (Å²) < 4.78 is 40.4. The molecule has 0 aliphatic carbocycles. The Bertz CT molecular complexity index is 447. The molecular formula is C13H19F3N4O. The van der Waals surface area contributed by atoms with E-state index in [1.807, 2.05) is 0 Å². The lowest BCUT2D eigenvalue weighted by Gasteiger charge is -2.35. The average Bonchev–Trinajstić information content (AvgIpc) is 2.44. The number of alkyl halides is 3. The molecule has 0 radical (unpaired) electrons. The second-order valence-electron chi connectivity index (χ2n) is 4.91. The Hall–Kier alpha value is -1.54. The third-order valence-corrected chi connectivity index (χ3v) is 3.31. The first-order chi connectivity index (χ1) is 9.96. The number of nitrogens with zero attached hydrogens (tertiary/aromatic N) is 3. The van der Waals surface area contributed by atoms with Gasteiger partial charge in [0, 0.05) is 38.9 Å². The first kappa shape index (κ1) is 15.8. The zero-order valence-electron chi connectivity index (χ0n) is 11.6. The number of pyridine rings is 1. The van der Waals surface area contributed by atoms with Crippen LogP contribution in [-0.2, 0) is 4.74 Å². The summed E-state index contributed by atoms with van der Waals surface area (Å²) in [4.78, 5) is 8.42. The third-order valence-electron chi connectivity index (χ3n) is 3.31. The van der Waals surface area contributed by atoms with Gasteiger partial charge in [-0.05, 0) is 12.1 Å². The molecule has 0 saturated carbocycles. The molecule has 2 rings (SSSR count). The summed E-state index contributed by atoms with van der Waals surface area (Å²) in [5.41, 5.74) is 6.52. The van der Waals surface area contributed by atoms with Crippen LogP contribution in [0, 0.1) is 0 Å². The number of halogens is 3. The lowest BCUT2D eigenvalue weighted by molar-refractivity contribution is -0.174. The van der Waals surface area contributed by atoms with Gasteiger partial charge in [-0.25, -0.2) is 4.98 Å². The third kappa shape index (κ3) is 5.05. The average molecular weight is 304 g/mol. The van der Waals surface area contributed by atoms with E-state index in [-0.39, 0.29) is 6.61 Å². The van der Waals surface area contributed by atoms with Gasteiger partial charge in [0.1, 0.15) is 6.61 Å². The molecule has 1 saturated heterocycles. The Balaban J connectivity index is 1.70. The van der Waals surface area contributed by atoms with Gasteiger partial charge in [0.25, 0.3) is 0 Å². The smallest absolute Gasteiger partial charge is 0.396 e. The molecule has 118 valence electrons. The predicted molar refractivity (Wildman–Crippen MR) is 74.2 cm³/mol. The Labute approximate surface area is 121 Å². The Morgan fingerprint density at radius 2 is 1.95 bits per heavy atom. The van der Waals surface area contributed by atoms with Crippen molar-refractivity contribution in [1.82, 2.24) is 9.88 Å². The summed E-state index contributed by atoms with van der Waals surface area (Å²) in [6, 6.07) is 3.59. The van der Waals surface area contributed by atoms with E-state index < -0.39 is 12.8 Å². The molecule has 2 N–H and O–H groups in total. The molecule has 0 spiro atoms. The molecular weight excluding hydrogens is 285 g/mol. The molecule has 5 nitrogen and oxygen atoms in total. The minimum Gasteiger partial charge on any atom is -0.396 e. The minimum absolute atomic E-state index is 0.0885. The van der Waals surface area contributed by atoms with Crippen molar-refractivity contribution in [2.75, 3.05) is 56.6 Å². The number of anilines is 2. The fourth-order valence-corrected chi connectivity index (χ4v) is 2.24. The zero-order chi connectivity index (χ0) is 15.3. The van der Waals surface area contributed by atoms with E-state index in [1.165, 1.54) is 0 Å².